The van der Waals surface area contributed by atoms with Gasteiger partial charge in [0.1, 0.15) is 11.6 Å². The van der Waals surface area contributed by atoms with Gasteiger partial charge in [0.15, 0.2) is 29.2 Å². The van der Waals surface area contributed by atoms with Gasteiger partial charge in [0.2, 0.25) is 0 Å². The number of hydrogen-bond donors (Lipinski definition) is 1. The second kappa shape index (κ2) is 14.1. The van der Waals surface area contributed by atoms with Crippen molar-refractivity contribution in [2.45, 2.75) is 52.3 Å². The van der Waals surface area contributed by atoms with Crippen molar-refractivity contribution in [1.82, 2.24) is 19.5 Å². The summed E-state index contributed by atoms with van der Waals surface area (Å²) in [5.41, 5.74) is 2.38. The summed E-state index contributed by atoms with van der Waals surface area (Å²) in [4.78, 5) is 32.9. The number of carboxylic acids is 1. The number of allylic oxidation sites excluding steroid dienone is 4. The lowest BCUT2D eigenvalue weighted by Gasteiger charge is -2.36. The topological polar surface area (TPSA) is 110 Å². The van der Waals surface area contributed by atoms with Crippen molar-refractivity contribution in [3.8, 4) is 5.75 Å². The molecule has 0 bridgehead atoms. The van der Waals surface area contributed by atoms with Crippen LogP contribution in [0.25, 0.3) is 11.2 Å². The number of alkyl halides is 1. The van der Waals surface area contributed by atoms with Crippen LogP contribution in [0.5, 0.6) is 5.75 Å². The number of fused-ring (bicyclic) bond motifs is 1. The first-order valence-corrected chi connectivity index (χ1v) is 14.6. The number of benzene rings is 1. The Bertz CT molecular complexity index is 1640. The van der Waals surface area contributed by atoms with Crippen LogP contribution in [0.3, 0.4) is 0 Å². The number of aromatic nitrogens is 3. The van der Waals surface area contributed by atoms with E-state index in [0.717, 1.165) is 11.6 Å². The summed E-state index contributed by atoms with van der Waals surface area (Å²) in [5.74, 6) is -3.36. The van der Waals surface area contributed by atoms with Gasteiger partial charge in [-0.3, -0.25) is 9.59 Å². The maximum absolute atomic E-state index is 14.7. The fraction of sp³-hybridized carbons (Fsp3) is 0.438. The number of nitrogens with zero attached hydrogens (tertiary/aromatic N) is 5. The first-order valence-electron chi connectivity index (χ1n) is 14.6. The van der Waals surface area contributed by atoms with Crippen molar-refractivity contribution in [3.63, 3.8) is 0 Å². The highest BCUT2D eigenvalue weighted by Crippen LogP contribution is 2.37. The second-order valence-electron chi connectivity index (χ2n) is 11.1. The number of amides is 1. The molecule has 10 nitrogen and oxygen atoms in total. The van der Waals surface area contributed by atoms with Crippen molar-refractivity contribution >= 4 is 34.6 Å². The molecule has 2 aromatic heterocycles. The molecule has 1 fully saturated rings. The fourth-order valence-electron chi connectivity index (χ4n) is 5.54. The van der Waals surface area contributed by atoms with Gasteiger partial charge in [-0.2, -0.15) is 9.61 Å². The van der Waals surface area contributed by atoms with E-state index in [2.05, 4.69) is 10.1 Å². The maximum Gasteiger partial charge on any atom is 0.303 e. The molecule has 1 aliphatic rings. The molecule has 3 heterocycles. The Morgan fingerprint density at radius 1 is 1.22 bits per heavy atom. The predicted molar refractivity (Wildman–Crippen MR) is 164 cm³/mol. The Hall–Kier alpha value is -4.39. The van der Waals surface area contributed by atoms with Gasteiger partial charge in [-0.1, -0.05) is 19.1 Å². The van der Waals surface area contributed by atoms with Crippen LogP contribution in [-0.2, 0) is 9.53 Å². The van der Waals surface area contributed by atoms with E-state index in [4.69, 9.17) is 9.47 Å². The number of halogens is 3. The third-order valence-electron chi connectivity index (χ3n) is 8.06. The van der Waals surface area contributed by atoms with Crippen LogP contribution < -0.4 is 9.64 Å². The quantitative estimate of drug-likeness (QED) is 0.255. The van der Waals surface area contributed by atoms with Gasteiger partial charge in [0.25, 0.3) is 5.91 Å². The van der Waals surface area contributed by atoms with Crippen molar-refractivity contribution in [1.29, 1.82) is 0 Å². The Morgan fingerprint density at radius 3 is 2.60 bits per heavy atom. The highest BCUT2D eigenvalue weighted by Gasteiger charge is 2.34. The highest BCUT2D eigenvalue weighted by molar-refractivity contribution is 5.94. The van der Waals surface area contributed by atoms with Crippen LogP contribution in [0.2, 0.25) is 0 Å². The molecule has 242 valence electrons. The molecule has 3 atom stereocenters. The second-order valence-corrected chi connectivity index (χ2v) is 11.1. The molecule has 1 aliphatic heterocycles. The van der Waals surface area contributed by atoms with Crippen LogP contribution in [0.4, 0.5) is 24.7 Å². The third kappa shape index (κ3) is 7.14. The number of carboxylic acid groups (broad SMARTS) is 1. The molecule has 1 N–H and O–H groups in total. The minimum absolute atomic E-state index is 0.0589. The van der Waals surface area contributed by atoms with E-state index in [9.17, 15) is 27.9 Å². The zero-order valence-electron chi connectivity index (χ0n) is 26.2. The number of anilines is 2. The highest BCUT2D eigenvalue weighted by atomic mass is 19.2. The number of piperidine rings is 1. The number of aryl methyl sites for hydroxylation is 1. The van der Waals surface area contributed by atoms with E-state index in [0.29, 0.717) is 30.2 Å². The Labute approximate surface area is 259 Å². The molecule has 0 aliphatic carbocycles. The van der Waals surface area contributed by atoms with Gasteiger partial charge >= 0.3 is 5.97 Å². The number of hydrogen-bond acceptors (Lipinski definition) is 7. The van der Waals surface area contributed by atoms with Gasteiger partial charge in [0, 0.05) is 39.4 Å². The maximum atomic E-state index is 14.7. The minimum atomic E-state index is -2.06. The van der Waals surface area contributed by atoms with E-state index in [1.807, 2.05) is 19.1 Å². The monoisotopic (exact) mass is 629 g/mol. The molecular weight excluding hydrogens is 591 g/mol. The standard InChI is InChI=1S/C32H38F3N5O5/c1-7-21(33)30(35)22(34)13-19(3)23-16-28(38(4)31-18(2)9-8-10-25(31)44-5)40-27(36-23)15-24(37-40)32(43)39-12-11-20(14-29(41)42)26(17-39)45-6/h8-10,13,15-16,20-21,26H,7,11-12,14,17H2,1-6H3,(H,41,42)/b19-13+,30-22-/t20-,21?,26-/m0/s1. The lowest BCUT2D eigenvalue weighted by molar-refractivity contribution is -0.140. The van der Waals surface area contributed by atoms with Gasteiger partial charge in [0.05, 0.1) is 31.0 Å². The van der Waals surface area contributed by atoms with Crippen molar-refractivity contribution in [3.05, 3.63) is 65.0 Å². The first-order chi connectivity index (χ1) is 21.4. The average molecular weight is 630 g/mol. The van der Waals surface area contributed by atoms with Gasteiger partial charge < -0.3 is 24.4 Å². The Balaban J connectivity index is 1.81. The summed E-state index contributed by atoms with van der Waals surface area (Å²) in [6.07, 6.45) is -1.44. The van der Waals surface area contributed by atoms with Crippen LogP contribution in [0.1, 0.15) is 54.9 Å². The fourth-order valence-corrected chi connectivity index (χ4v) is 5.54. The van der Waals surface area contributed by atoms with E-state index < -0.39 is 35.8 Å². The normalized spacial score (nSPS) is 18.5. The van der Waals surface area contributed by atoms with Gasteiger partial charge in [-0.05, 0) is 55.9 Å². The first kappa shape index (κ1) is 33.5. The number of methoxy groups -OCH3 is 2. The molecule has 4 rings (SSSR count). The summed E-state index contributed by atoms with van der Waals surface area (Å²) in [6.45, 7) is 5.36. The zero-order chi connectivity index (χ0) is 33.0. The zero-order valence-corrected chi connectivity index (χ0v) is 26.2. The molecule has 1 saturated heterocycles. The number of carbonyl (C=O) groups is 2. The Morgan fingerprint density at radius 2 is 1.96 bits per heavy atom. The largest absolute Gasteiger partial charge is 0.495 e. The number of para-hydroxylation sites is 1. The summed E-state index contributed by atoms with van der Waals surface area (Å²) < 4.78 is 55.3. The van der Waals surface area contributed by atoms with Crippen molar-refractivity contribution in [2.75, 3.05) is 39.3 Å². The van der Waals surface area contributed by atoms with E-state index in [1.54, 1.807) is 36.1 Å². The number of aliphatic carboxylic acids is 1. The van der Waals surface area contributed by atoms with Crippen LogP contribution in [0, 0.1) is 12.8 Å². The lowest BCUT2D eigenvalue weighted by Crippen LogP contribution is -2.48. The van der Waals surface area contributed by atoms with Crippen LogP contribution >= 0.6 is 0 Å². The molecule has 0 saturated carbocycles. The van der Waals surface area contributed by atoms with E-state index >= 15 is 0 Å². The molecular formula is C32H38F3N5O5. The molecule has 1 aromatic carbocycles. The molecule has 0 spiro atoms. The number of likely N-dealkylation sites (tertiary alicyclic amines) is 1. The number of rotatable bonds is 11. The minimum Gasteiger partial charge on any atom is -0.495 e. The average Bonchev–Trinajstić information content (AvgIpc) is 3.46. The molecule has 45 heavy (non-hydrogen) atoms. The summed E-state index contributed by atoms with van der Waals surface area (Å²) in [5, 5.41) is 13.9. The SMILES string of the molecule is CCC(F)/C(F)=C(F)\C=C(/C)c1cc(N(C)c2c(C)cccc2OC)n2nc(C(=O)N3CC[C@@H](CC(=O)O)[C@@H](OC)C3)cc2n1. The summed E-state index contributed by atoms with van der Waals surface area (Å²) in [7, 11) is 4.81. The van der Waals surface area contributed by atoms with Gasteiger partial charge in [-0.15, -0.1) is 0 Å². The molecule has 1 amide bonds. The predicted octanol–water partition coefficient (Wildman–Crippen LogP) is 6.07. The molecule has 13 heteroatoms. The Kier molecular flexibility index (Phi) is 10.5. The summed E-state index contributed by atoms with van der Waals surface area (Å²) in [6, 6.07) is 8.66. The van der Waals surface area contributed by atoms with Crippen LogP contribution in [0.15, 0.2) is 48.1 Å². The van der Waals surface area contributed by atoms with Crippen molar-refractivity contribution in [2.24, 2.45) is 5.92 Å². The molecule has 0 radical (unpaired) electrons. The van der Waals surface area contributed by atoms with E-state index in [-0.39, 0.29) is 47.9 Å². The lowest BCUT2D eigenvalue weighted by atomic mass is 9.90. The van der Waals surface area contributed by atoms with Crippen LogP contribution in [-0.4, -0.2) is 83.1 Å². The number of ether oxygens (including phenoxy) is 2. The molecule has 3 aromatic rings. The molecule has 1 unspecified atom stereocenters. The van der Waals surface area contributed by atoms with Crippen molar-refractivity contribution < 1.29 is 37.3 Å². The third-order valence-corrected chi connectivity index (χ3v) is 8.06. The summed E-state index contributed by atoms with van der Waals surface area (Å²) >= 11 is 0. The van der Waals surface area contributed by atoms with Gasteiger partial charge in [-0.25, -0.2) is 18.2 Å². The van der Waals surface area contributed by atoms with E-state index in [1.165, 1.54) is 31.5 Å². The smallest absolute Gasteiger partial charge is 0.303 e. The number of carbonyl (C=O) groups excluding carboxylic acids is 1.